The molecule has 0 radical (unpaired) electrons. The van der Waals surface area contributed by atoms with Gasteiger partial charge in [0.2, 0.25) is 5.91 Å². The van der Waals surface area contributed by atoms with Crippen molar-refractivity contribution in [1.29, 1.82) is 0 Å². The number of carbonyl (C=O) groups excluding carboxylic acids is 1. The molecule has 0 spiro atoms. The number of aromatic nitrogens is 1. The number of nitrogens with one attached hydrogen (secondary N) is 1. The van der Waals surface area contributed by atoms with Crippen molar-refractivity contribution < 1.29 is 9.18 Å². The van der Waals surface area contributed by atoms with Crippen LogP contribution in [0.4, 0.5) is 4.39 Å². The van der Waals surface area contributed by atoms with Crippen LogP contribution in [0.3, 0.4) is 0 Å². The average Bonchev–Trinajstić information content (AvgIpc) is 2.98. The van der Waals surface area contributed by atoms with E-state index in [-0.39, 0.29) is 11.7 Å². The van der Waals surface area contributed by atoms with Crippen molar-refractivity contribution in [2.45, 2.75) is 39.5 Å². The molecular weight excluding hydrogens is 303 g/mol. The average molecular weight is 328 g/mol. The summed E-state index contributed by atoms with van der Waals surface area (Å²) in [5.41, 5.74) is 3.17. The highest BCUT2D eigenvalue weighted by Gasteiger charge is 2.20. The highest BCUT2D eigenvalue weighted by atomic mass is 19.1. The first kappa shape index (κ1) is 16.7. The second-order valence-corrected chi connectivity index (χ2v) is 6.81. The van der Waals surface area contributed by atoms with E-state index >= 15 is 0 Å². The van der Waals surface area contributed by atoms with Gasteiger partial charge in [0.15, 0.2) is 0 Å². The maximum atomic E-state index is 13.3. The zero-order chi connectivity index (χ0) is 17.1. The Bertz CT molecular complexity index is 762. The minimum Gasteiger partial charge on any atom is -0.360 e. The van der Waals surface area contributed by atoms with Crippen molar-refractivity contribution in [2.24, 2.45) is 5.92 Å². The third-order valence-electron chi connectivity index (χ3n) is 4.86. The quantitative estimate of drug-likeness (QED) is 0.845. The molecule has 2 heterocycles. The van der Waals surface area contributed by atoms with Gasteiger partial charge in [0.1, 0.15) is 5.82 Å². The number of rotatable bonds is 5. The van der Waals surface area contributed by atoms with Crippen LogP contribution in [0.1, 0.15) is 45.1 Å². The lowest BCUT2D eigenvalue weighted by atomic mass is 9.97. The summed E-state index contributed by atoms with van der Waals surface area (Å²) in [7, 11) is 0. The summed E-state index contributed by atoms with van der Waals surface area (Å²) in [6.07, 6.45) is 7.79. The van der Waals surface area contributed by atoms with E-state index in [1.807, 2.05) is 17.2 Å². The minimum atomic E-state index is -0.230. The van der Waals surface area contributed by atoms with Crippen molar-refractivity contribution in [3.63, 3.8) is 0 Å². The van der Waals surface area contributed by atoms with E-state index in [1.54, 1.807) is 0 Å². The Balaban J connectivity index is 1.69. The molecular formula is C20H25FN2O. The normalized spacial score (nSPS) is 16.3. The lowest BCUT2D eigenvalue weighted by Crippen LogP contribution is -2.35. The molecule has 24 heavy (non-hydrogen) atoms. The van der Waals surface area contributed by atoms with Crippen LogP contribution in [0, 0.1) is 11.7 Å². The van der Waals surface area contributed by atoms with Gasteiger partial charge >= 0.3 is 0 Å². The SMILES string of the molecule is CCCC(C)CC(=O)N1CC=C(c2c[nH]c3cc(F)ccc23)CC1. The molecule has 1 aliphatic heterocycles. The number of hydrogen-bond donors (Lipinski definition) is 1. The molecule has 128 valence electrons. The summed E-state index contributed by atoms with van der Waals surface area (Å²) in [6, 6.07) is 4.84. The van der Waals surface area contributed by atoms with Gasteiger partial charge in [0, 0.05) is 42.2 Å². The number of hydrogen-bond acceptors (Lipinski definition) is 1. The summed E-state index contributed by atoms with van der Waals surface area (Å²) in [5, 5.41) is 1.04. The Morgan fingerprint density at radius 1 is 1.42 bits per heavy atom. The van der Waals surface area contributed by atoms with Gasteiger partial charge in [-0.2, -0.15) is 0 Å². The molecule has 1 unspecified atom stereocenters. The summed E-state index contributed by atoms with van der Waals surface area (Å²) in [6.45, 7) is 5.74. The Hall–Kier alpha value is -2.10. The first-order chi connectivity index (χ1) is 11.6. The minimum absolute atomic E-state index is 0.230. The van der Waals surface area contributed by atoms with Crippen molar-refractivity contribution in [3.05, 3.63) is 41.9 Å². The standard InChI is InChI=1S/C20H25FN2O/c1-3-4-14(2)11-20(24)23-9-7-15(8-10-23)18-13-22-19-12-16(21)5-6-17(18)19/h5-7,12-14,22H,3-4,8-11H2,1-2H3. The fourth-order valence-electron chi connectivity index (χ4n) is 3.53. The summed E-state index contributed by atoms with van der Waals surface area (Å²) in [4.78, 5) is 17.5. The molecule has 1 aliphatic rings. The molecule has 0 aliphatic carbocycles. The van der Waals surface area contributed by atoms with Crippen molar-refractivity contribution in [3.8, 4) is 0 Å². The van der Waals surface area contributed by atoms with Gasteiger partial charge < -0.3 is 9.88 Å². The van der Waals surface area contributed by atoms with Crippen LogP contribution in [0.5, 0.6) is 0 Å². The zero-order valence-corrected chi connectivity index (χ0v) is 14.4. The third-order valence-corrected chi connectivity index (χ3v) is 4.86. The van der Waals surface area contributed by atoms with Gasteiger partial charge in [-0.1, -0.05) is 32.8 Å². The molecule has 1 aromatic carbocycles. The number of aromatic amines is 1. The predicted octanol–water partition coefficient (Wildman–Crippen LogP) is 4.75. The zero-order valence-electron chi connectivity index (χ0n) is 14.4. The Morgan fingerprint density at radius 3 is 2.96 bits per heavy atom. The van der Waals surface area contributed by atoms with Crippen LogP contribution in [-0.4, -0.2) is 28.9 Å². The molecule has 1 atom stereocenters. The lowest BCUT2D eigenvalue weighted by Gasteiger charge is -2.27. The summed E-state index contributed by atoms with van der Waals surface area (Å²) >= 11 is 0. The van der Waals surface area contributed by atoms with Crippen LogP contribution >= 0.6 is 0 Å². The Morgan fingerprint density at radius 2 is 2.25 bits per heavy atom. The molecule has 2 aromatic rings. The van der Waals surface area contributed by atoms with Crippen LogP contribution in [-0.2, 0) is 4.79 Å². The molecule has 3 nitrogen and oxygen atoms in total. The third kappa shape index (κ3) is 3.53. The number of H-pyrrole nitrogens is 1. The van der Waals surface area contributed by atoms with E-state index in [0.29, 0.717) is 18.9 Å². The molecule has 0 saturated carbocycles. The van der Waals surface area contributed by atoms with Crippen LogP contribution < -0.4 is 0 Å². The smallest absolute Gasteiger partial charge is 0.223 e. The number of fused-ring (bicyclic) bond motifs is 1. The summed E-state index contributed by atoms with van der Waals surface area (Å²) < 4.78 is 13.3. The van der Waals surface area contributed by atoms with E-state index < -0.39 is 0 Å². The first-order valence-corrected chi connectivity index (χ1v) is 8.82. The highest BCUT2D eigenvalue weighted by Crippen LogP contribution is 2.30. The lowest BCUT2D eigenvalue weighted by molar-refractivity contribution is -0.131. The molecule has 3 rings (SSSR count). The molecule has 1 amide bonds. The number of carbonyl (C=O) groups is 1. The number of halogens is 1. The van der Waals surface area contributed by atoms with Crippen LogP contribution in [0.25, 0.3) is 16.5 Å². The van der Waals surface area contributed by atoms with Gasteiger partial charge in [-0.05, 0) is 36.1 Å². The molecule has 4 heteroatoms. The molecule has 1 aromatic heterocycles. The fourth-order valence-corrected chi connectivity index (χ4v) is 3.53. The Labute approximate surface area is 142 Å². The highest BCUT2D eigenvalue weighted by molar-refractivity contribution is 5.93. The second-order valence-electron chi connectivity index (χ2n) is 6.81. The van der Waals surface area contributed by atoms with Crippen LogP contribution in [0.2, 0.25) is 0 Å². The van der Waals surface area contributed by atoms with Gasteiger partial charge in [0.25, 0.3) is 0 Å². The van der Waals surface area contributed by atoms with E-state index in [1.165, 1.54) is 17.7 Å². The second kappa shape index (κ2) is 7.20. The van der Waals surface area contributed by atoms with Gasteiger partial charge in [0.05, 0.1) is 0 Å². The van der Waals surface area contributed by atoms with Gasteiger partial charge in [-0.25, -0.2) is 4.39 Å². The maximum absolute atomic E-state index is 13.3. The topological polar surface area (TPSA) is 36.1 Å². The molecule has 0 bridgehead atoms. The van der Waals surface area contributed by atoms with E-state index in [2.05, 4.69) is 24.9 Å². The first-order valence-electron chi connectivity index (χ1n) is 8.82. The van der Waals surface area contributed by atoms with E-state index in [4.69, 9.17) is 0 Å². The molecule has 0 fully saturated rings. The van der Waals surface area contributed by atoms with Crippen LogP contribution in [0.15, 0.2) is 30.5 Å². The van der Waals surface area contributed by atoms with Crippen molar-refractivity contribution in [2.75, 3.05) is 13.1 Å². The number of benzene rings is 1. The monoisotopic (exact) mass is 328 g/mol. The largest absolute Gasteiger partial charge is 0.360 e. The van der Waals surface area contributed by atoms with Gasteiger partial charge in [-0.3, -0.25) is 4.79 Å². The van der Waals surface area contributed by atoms with Crippen molar-refractivity contribution >= 4 is 22.4 Å². The maximum Gasteiger partial charge on any atom is 0.223 e. The van der Waals surface area contributed by atoms with E-state index in [0.717, 1.165) is 42.3 Å². The van der Waals surface area contributed by atoms with Gasteiger partial charge in [-0.15, -0.1) is 0 Å². The number of nitrogens with zero attached hydrogens (tertiary/aromatic N) is 1. The van der Waals surface area contributed by atoms with E-state index in [9.17, 15) is 9.18 Å². The summed E-state index contributed by atoms with van der Waals surface area (Å²) in [5.74, 6) is 0.482. The molecule has 0 saturated heterocycles. The predicted molar refractivity (Wildman–Crippen MR) is 96.1 cm³/mol. The van der Waals surface area contributed by atoms with Crippen molar-refractivity contribution in [1.82, 2.24) is 9.88 Å². The number of amides is 1. The fraction of sp³-hybridized carbons (Fsp3) is 0.450. The Kier molecular flexibility index (Phi) is 5.03. The molecule has 1 N–H and O–H groups in total.